The molecule has 0 unspecified atom stereocenters. The van der Waals surface area contributed by atoms with E-state index in [9.17, 15) is 19.3 Å². The first-order valence-corrected chi connectivity index (χ1v) is 9.22. The number of rotatable bonds is 4. The Morgan fingerprint density at radius 3 is 2.75 bits per heavy atom. The number of nitrogens with zero attached hydrogens (tertiary/aromatic N) is 1. The van der Waals surface area contributed by atoms with Crippen LogP contribution in [0, 0.1) is 15.9 Å². The number of halogens is 2. The second kappa shape index (κ2) is 8.05. The van der Waals surface area contributed by atoms with E-state index in [-0.39, 0.29) is 26.4 Å². The number of non-ortho nitro benzene ring substituents is 1. The van der Waals surface area contributed by atoms with E-state index in [1.165, 1.54) is 7.11 Å². The molecule has 1 heterocycles. The molecule has 0 aliphatic rings. The number of carbonyl (C=O) groups is 1. The normalized spacial score (nSPS) is 10.5. The van der Waals surface area contributed by atoms with Crippen molar-refractivity contribution in [2.24, 2.45) is 0 Å². The summed E-state index contributed by atoms with van der Waals surface area (Å²) in [7, 11) is 1.53. The van der Waals surface area contributed by atoms with Crippen LogP contribution < -0.4 is 15.4 Å². The number of nitro benzene ring substituents is 1. The molecular formula is C17H11ClFN3O4S2. The van der Waals surface area contributed by atoms with Crippen molar-refractivity contribution in [3.63, 3.8) is 0 Å². The van der Waals surface area contributed by atoms with Crippen molar-refractivity contribution in [2.45, 2.75) is 0 Å². The zero-order chi connectivity index (χ0) is 20.4. The van der Waals surface area contributed by atoms with E-state index in [0.717, 1.165) is 34.2 Å². The van der Waals surface area contributed by atoms with Gasteiger partial charge in [-0.25, -0.2) is 4.39 Å². The molecule has 0 spiro atoms. The van der Waals surface area contributed by atoms with Crippen molar-refractivity contribution in [2.75, 3.05) is 12.4 Å². The summed E-state index contributed by atoms with van der Waals surface area (Å²) in [6.45, 7) is 0. The van der Waals surface area contributed by atoms with E-state index in [1.54, 1.807) is 18.2 Å². The fourth-order valence-electron chi connectivity index (χ4n) is 2.35. The molecule has 2 aromatic carbocycles. The molecule has 1 amide bonds. The number of fused-ring (bicyclic) bond motifs is 1. The molecule has 2 N–H and O–H groups in total. The quantitative estimate of drug-likeness (QED) is 0.346. The highest BCUT2D eigenvalue weighted by molar-refractivity contribution is 7.80. The topological polar surface area (TPSA) is 93.5 Å². The molecular weight excluding hydrogens is 429 g/mol. The maximum Gasteiger partial charge on any atom is 0.271 e. The summed E-state index contributed by atoms with van der Waals surface area (Å²) in [5.74, 6) is -0.724. The number of anilines is 1. The first-order valence-electron chi connectivity index (χ1n) is 7.62. The standard InChI is InChI=1S/C17H11ClFN3O4S2/c1-26-9-3-4-10-13(7-9)28-15(14(10)18)16(23)21-17(27)20-12-6-8(22(24)25)2-5-11(12)19/h2-7H,1H3,(H2,20,21,23,27). The van der Waals surface area contributed by atoms with E-state index in [0.29, 0.717) is 11.1 Å². The summed E-state index contributed by atoms with van der Waals surface area (Å²) < 4.78 is 19.7. The molecule has 0 radical (unpaired) electrons. The van der Waals surface area contributed by atoms with Crippen LogP contribution in [0.4, 0.5) is 15.8 Å². The summed E-state index contributed by atoms with van der Waals surface area (Å²) in [5, 5.41) is 16.4. The van der Waals surface area contributed by atoms with Crippen molar-refractivity contribution in [3.05, 3.63) is 62.2 Å². The number of ether oxygens (including phenoxy) is 1. The monoisotopic (exact) mass is 439 g/mol. The lowest BCUT2D eigenvalue weighted by Crippen LogP contribution is -2.34. The fraction of sp³-hybridized carbons (Fsp3) is 0.0588. The van der Waals surface area contributed by atoms with Gasteiger partial charge in [0.2, 0.25) is 0 Å². The van der Waals surface area contributed by atoms with Crippen LogP contribution in [0.2, 0.25) is 5.02 Å². The first kappa shape index (κ1) is 19.9. The van der Waals surface area contributed by atoms with Crippen molar-refractivity contribution in [1.82, 2.24) is 5.32 Å². The second-order valence-electron chi connectivity index (χ2n) is 5.44. The number of nitro groups is 1. The summed E-state index contributed by atoms with van der Waals surface area (Å²) in [5.41, 5.74) is -0.550. The van der Waals surface area contributed by atoms with Crippen LogP contribution in [0.5, 0.6) is 5.75 Å². The Bertz CT molecular complexity index is 1120. The molecule has 0 bridgehead atoms. The van der Waals surface area contributed by atoms with Crippen molar-refractivity contribution < 1.29 is 18.8 Å². The van der Waals surface area contributed by atoms with E-state index >= 15 is 0 Å². The van der Waals surface area contributed by atoms with Gasteiger partial charge in [-0.05, 0) is 36.5 Å². The Morgan fingerprint density at radius 1 is 1.32 bits per heavy atom. The van der Waals surface area contributed by atoms with Crippen molar-refractivity contribution in [3.8, 4) is 5.75 Å². The zero-order valence-electron chi connectivity index (χ0n) is 14.1. The molecule has 144 valence electrons. The summed E-state index contributed by atoms with van der Waals surface area (Å²) >= 11 is 12.4. The number of thiocarbonyl (C=S) groups is 1. The third-order valence-corrected chi connectivity index (χ3v) is 5.54. The van der Waals surface area contributed by atoms with E-state index < -0.39 is 16.6 Å². The first-order chi connectivity index (χ1) is 13.3. The highest BCUT2D eigenvalue weighted by atomic mass is 35.5. The van der Waals surface area contributed by atoms with E-state index in [2.05, 4.69) is 10.6 Å². The predicted molar refractivity (Wildman–Crippen MR) is 110 cm³/mol. The Morgan fingerprint density at radius 2 is 2.07 bits per heavy atom. The molecule has 3 rings (SSSR count). The molecule has 0 aliphatic heterocycles. The van der Waals surface area contributed by atoms with Crippen molar-refractivity contribution >= 4 is 67.6 Å². The maximum atomic E-state index is 13.8. The third-order valence-electron chi connectivity index (χ3n) is 3.68. The van der Waals surface area contributed by atoms with Crippen LogP contribution in [0.1, 0.15) is 9.67 Å². The van der Waals surface area contributed by atoms with Crippen LogP contribution in [-0.2, 0) is 0 Å². The van der Waals surface area contributed by atoms with Gasteiger partial charge in [-0.3, -0.25) is 20.2 Å². The molecule has 0 atom stereocenters. The van der Waals surface area contributed by atoms with Crippen LogP contribution in [0.15, 0.2) is 36.4 Å². The molecule has 1 aromatic heterocycles. The van der Waals surface area contributed by atoms with Crippen LogP contribution in [0.3, 0.4) is 0 Å². The van der Waals surface area contributed by atoms with Gasteiger partial charge in [-0.2, -0.15) is 0 Å². The average Bonchev–Trinajstić information content (AvgIpc) is 2.99. The molecule has 0 aliphatic carbocycles. The van der Waals surface area contributed by atoms with Gasteiger partial charge in [0.15, 0.2) is 5.11 Å². The molecule has 11 heteroatoms. The number of methoxy groups -OCH3 is 1. The summed E-state index contributed by atoms with van der Waals surface area (Å²) in [6, 6.07) is 8.14. The summed E-state index contributed by atoms with van der Waals surface area (Å²) in [4.78, 5) is 22.9. The van der Waals surface area contributed by atoms with Gasteiger partial charge in [-0.1, -0.05) is 11.6 Å². The van der Waals surface area contributed by atoms with E-state index in [1.807, 2.05) is 0 Å². The largest absolute Gasteiger partial charge is 0.497 e. The van der Waals surface area contributed by atoms with Gasteiger partial charge in [0.1, 0.15) is 16.4 Å². The minimum atomic E-state index is -0.755. The second-order valence-corrected chi connectivity index (χ2v) is 7.28. The number of hydrogen-bond acceptors (Lipinski definition) is 6. The van der Waals surface area contributed by atoms with Gasteiger partial charge in [0.05, 0.1) is 22.7 Å². The average molecular weight is 440 g/mol. The van der Waals surface area contributed by atoms with E-state index in [4.69, 9.17) is 28.6 Å². The van der Waals surface area contributed by atoms with Gasteiger partial charge >= 0.3 is 0 Å². The minimum Gasteiger partial charge on any atom is -0.497 e. The number of carbonyl (C=O) groups excluding carboxylic acids is 1. The van der Waals surface area contributed by atoms with Crippen LogP contribution in [0.25, 0.3) is 10.1 Å². The predicted octanol–water partition coefficient (Wildman–Crippen LogP) is 4.74. The number of nitrogens with one attached hydrogen (secondary N) is 2. The lowest BCUT2D eigenvalue weighted by Gasteiger charge is -2.09. The van der Waals surface area contributed by atoms with Crippen LogP contribution in [-0.4, -0.2) is 23.1 Å². The smallest absolute Gasteiger partial charge is 0.271 e. The van der Waals surface area contributed by atoms with Gasteiger partial charge in [0.25, 0.3) is 11.6 Å². The van der Waals surface area contributed by atoms with Gasteiger partial charge in [-0.15, -0.1) is 11.3 Å². The Balaban J connectivity index is 1.79. The van der Waals surface area contributed by atoms with Gasteiger partial charge < -0.3 is 10.1 Å². The molecule has 0 saturated heterocycles. The van der Waals surface area contributed by atoms with Crippen LogP contribution >= 0.6 is 35.2 Å². The summed E-state index contributed by atoms with van der Waals surface area (Å²) in [6.07, 6.45) is 0. The fourth-order valence-corrected chi connectivity index (χ4v) is 4.00. The molecule has 0 saturated carbocycles. The molecule has 7 nitrogen and oxygen atoms in total. The van der Waals surface area contributed by atoms with Gasteiger partial charge in [0, 0.05) is 22.2 Å². The zero-order valence-corrected chi connectivity index (χ0v) is 16.5. The number of thiophene rings is 1. The number of hydrogen-bond donors (Lipinski definition) is 2. The number of benzene rings is 2. The molecule has 3 aromatic rings. The Hall–Kier alpha value is -2.82. The Kier molecular flexibility index (Phi) is 5.73. The Labute approximate surface area is 172 Å². The SMILES string of the molecule is COc1ccc2c(Cl)c(C(=O)NC(=S)Nc3cc([N+](=O)[O-])ccc3F)sc2c1. The maximum absolute atomic E-state index is 13.8. The number of amides is 1. The lowest BCUT2D eigenvalue weighted by molar-refractivity contribution is -0.384. The highest BCUT2D eigenvalue weighted by Crippen LogP contribution is 2.37. The third kappa shape index (κ3) is 4.03. The lowest BCUT2D eigenvalue weighted by atomic mass is 10.2. The van der Waals surface area contributed by atoms with Crippen molar-refractivity contribution in [1.29, 1.82) is 0 Å². The highest BCUT2D eigenvalue weighted by Gasteiger charge is 2.19. The molecule has 28 heavy (non-hydrogen) atoms. The molecule has 0 fully saturated rings. The minimum absolute atomic E-state index is 0.216.